The van der Waals surface area contributed by atoms with E-state index in [1.165, 1.54) is 39.5 Å². The molecule has 0 saturated heterocycles. The van der Waals surface area contributed by atoms with Crippen molar-refractivity contribution in [2.45, 2.75) is 86.0 Å². The van der Waals surface area contributed by atoms with Crippen LogP contribution in [0.5, 0.6) is 0 Å². The van der Waals surface area contributed by atoms with Crippen molar-refractivity contribution in [2.24, 2.45) is 0 Å². The molecule has 0 radical (unpaired) electrons. The zero-order valence-corrected chi connectivity index (χ0v) is 20.3. The van der Waals surface area contributed by atoms with Crippen molar-refractivity contribution in [3.05, 3.63) is 76.9 Å². The zero-order valence-electron chi connectivity index (χ0n) is 20.3. The van der Waals surface area contributed by atoms with Crippen LogP contribution in [0, 0.1) is 6.92 Å². The molecule has 3 aromatic rings. The Morgan fingerprint density at radius 1 is 0.633 bits per heavy atom. The second kappa shape index (κ2) is 8.79. The molecule has 2 heteroatoms. The molecule has 0 bridgehead atoms. The van der Waals surface area contributed by atoms with Gasteiger partial charge in [0.2, 0.25) is 0 Å². The monoisotopic (exact) mass is 403 g/mol. The molecule has 1 aromatic heterocycles. The topological polar surface area (TPSA) is 8.81 Å². The van der Waals surface area contributed by atoms with Gasteiger partial charge in [-0.25, -0.2) is 0 Å². The lowest BCUT2D eigenvalue weighted by Gasteiger charge is -2.19. The Hall–Kier alpha value is -2.35. The van der Waals surface area contributed by atoms with Gasteiger partial charge in [0.1, 0.15) is 23.8 Å². The van der Waals surface area contributed by atoms with E-state index >= 15 is 0 Å². The van der Waals surface area contributed by atoms with Crippen molar-refractivity contribution in [2.75, 3.05) is 0 Å². The molecule has 0 N–H and O–H groups in total. The standard InChI is InChI=1S/C28H39N2/c1-18(2)23-12-10-13-24(19(3)4)27(23)29-16-17-30(22(29)9)28-25(20(5)6)14-11-15-26(28)21(7)8/h10-21H,1-9H3/q+1. The summed E-state index contributed by atoms with van der Waals surface area (Å²) in [6.45, 7) is 20.6. The number of para-hydroxylation sites is 2. The Morgan fingerprint density at radius 2 is 1.03 bits per heavy atom. The van der Waals surface area contributed by atoms with Gasteiger partial charge in [-0.3, -0.25) is 0 Å². The highest BCUT2D eigenvalue weighted by molar-refractivity contribution is 5.52. The average molecular weight is 404 g/mol. The molecule has 0 spiro atoms. The van der Waals surface area contributed by atoms with E-state index in [0.29, 0.717) is 23.7 Å². The number of nitrogens with zero attached hydrogens (tertiary/aromatic N) is 2. The fraction of sp³-hybridized carbons (Fsp3) is 0.464. The smallest absolute Gasteiger partial charge is 0.199 e. The first-order valence-corrected chi connectivity index (χ1v) is 11.5. The third-order valence-electron chi connectivity index (χ3n) is 6.23. The van der Waals surface area contributed by atoms with Gasteiger partial charge in [0.15, 0.2) is 0 Å². The minimum Gasteiger partial charge on any atom is -0.199 e. The quantitative estimate of drug-likeness (QED) is 0.376. The molecule has 0 unspecified atom stereocenters. The van der Waals surface area contributed by atoms with Gasteiger partial charge in [-0.15, -0.1) is 0 Å². The van der Waals surface area contributed by atoms with Gasteiger partial charge in [-0.1, -0.05) is 91.8 Å². The maximum absolute atomic E-state index is 2.41. The molecule has 0 atom stereocenters. The summed E-state index contributed by atoms with van der Waals surface area (Å²) in [4.78, 5) is 0. The van der Waals surface area contributed by atoms with E-state index in [2.05, 4.69) is 120 Å². The molecular weight excluding hydrogens is 364 g/mol. The fourth-order valence-corrected chi connectivity index (χ4v) is 4.52. The Labute approximate surface area is 183 Å². The van der Waals surface area contributed by atoms with Crippen LogP contribution in [0.4, 0.5) is 0 Å². The maximum Gasteiger partial charge on any atom is 0.263 e. The van der Waals surface area contributed by atoms with Crippen LogP contribution in [0.15, 0.2) is 48.8 Å². The largest absolute Gasteiger partial charge is 0.263 e. The van der Waals surface area contributed by atoms with Crippen LogP contribution in [0.1, 0.15) is 107 Å². The summed E-state index contributed by atoms with van der Waals surface area (Å²) in [5.41, 5.74) is 8.35. The number of hydrogen-bond acceptors (Lipinski definition) is 0. The zero-order chi connectivity index (χ0) is 22.2. The predicted molar refractivity (Wildman–Crippen MR) is 128 cm³/mol. The van der Waals surface area contributed by atoms with Crippen molar-refractivity contribution >= 4 is 0 Å². The first kappa shape index (κ1) is 22.3. The Kier molecular flexibility index (Phi) is 6.55. The molecule has 3 rings (SSSR count). The van der Waals surface area contributed by atoms with Crippen molar-refractivity contribution in [3.8, 4) is 11.4 Å². The van der Waals surface area contributed by atoms with Gasteiger partial charge in [0.05, 0.1) is 0 Å². The van der Waals surface area contributed by atoms with Crippen molar-refractivity contribution < 1.29 is 4.57 Å². The lowest BCUT2D eigenvalue weighted by molar-refractivity contribution is -0.603. The lowest BCUT2D eigenvalue weighted by Crippen LogP contribution is -2.36. The minimum atomic E-state index is 0.475. The summed E-state index contributed by atoms with van der Waals surface area (Å²) >= 11 is 0. The van der Waals surface area contributed by atoms with Crippen LogP contribution < -0.4 is 4.57 Å². The van der Waals surface area contributed by atoms with E-state index in [1.807, 2.05) is 0 Å². The maximum atomic E-state index is 2.41. The van der Waals surface area contributed by atoms with E-state index in [0.717, 1.165) is 0 Å². The number of benzene rings is 2. The highest BCUT2D eigenvalue weighted by atomic mass is 15.2. The average Bonchev–Trinajstić information content (AvgIpc) is 3.07. The van der Waals surface area contributed by atoms with Crippen LogP contribution in [-0.4, -0.2) is 4.57 Å². The summed E-state index contributed by atoms with van der Waals surface area (Å²) in [6.07, 6.45) is 4.51. The highest BCUT2D eigenvalue weighted by Gasteiger charge is 2.27. The summed E-state index contributed by atoms with van der Waals surface area (Å²) in [6, 6.07) is 13.6. The van der Waals surface area contributed by atoms with Gasteiger partial charge >= 0.3 is 0 Å². The number of aromatic nitrogens is 2. The van der Waals surface area contributed by atoms with Crippen molar-refractivity contribution in [1.29, 1.82) is 0 Å². The van der Waals surface area contributed by atoms with Gasteiger partial charge in [-0.05, 0) is 23.7 Å². The molecule has 0 aliphatic carbocycles. The Balaban J connectivity index is 2.32. The molecule has 30 heavy (non-hydrogen) atoms. The number of hydrogen-bond donors (Lipinski definition) is 0. The Morgan fingerprint density at radius 3 is 1.43 bits per heavy atom. The summed E-state index contributed by atoms with van der Waals surface area (Å²) in [5.74, 6) is 3.15. The van der Waals surface area contributed by atoms with E-state index in [4.69, 9.17) is 0 Å². The summed E-state index contributed by atoms with van der Waals surface area (Å²) < 4.78 is 4.82. The van der Waals surface area contributed by atoms with Crippen LogP contribution in [0.25, 0.3) is 11.4 Å². The van der Waals surface area contributed by atoms with E-state index in [-0.39, 0.29) is 0 Å². The first-order chi connectivity index (χ1) is 14.1. The van der Waals surface area contributed by atoms with E-state index in [9.17, 15) is 0 Å². The van der Waals surface area contributed by atoms with Gasteiger partial charge in [0.25, 0.3) is 5.82 Å². The molecule has 2 aromatic carbocycles. The molecular formula is C28H39N2+. The number of imidazole rings is 1. The third kappa shape index (κ3) is 3.97. The lowest BCUT2D eigenvalue weighted by atomic mass is 9.92. The SMILES string of the molecule is Cc1n(-c2c(C(C)C)cccc2C(C)C)cc[n+]1-c1c(C(C)C)cccc1C(C)C. The summed E-state index contributed by atoms with van der Waals surface area (Å²) in [5, 5.41) is 0. The van der Waals surface area contributed by atoms with Gasteiger partial charge in [0, 0.05) is 29.2 Å². The fourth-order valence-electron chi connectivity index (χ4n) is 4.52. The van der Waals surface area contributed by atoms with E-state index < -0.39 is 0 Å². The third-order valence-corrected chi connectivity index (χ3v) is 6.23. The molecule has 0 amide bonds. The van der Waals surface area contributed by atoms with Crippen LogP contribution in [-0.2, 0) is 0 Å². The van der Waals surface area contributed by atoms with Gasteiger partial charge in [-0.2, -0.15) is 9.13 Å². The van der Waals surface area contributed by atoms with Crippen molar-refractivity contribution in [3.63, 3.8) is 0 Å². The second-order valence-corrected chi connectivity index (χ2v) is 9.77. The molecule has 0 aliphatic heterocycles. The molecule has 2 nitrogen and oxygen atoms in total. The normalized spacial score (nSPS) is 12.0. The molecule has 0 saturated carbocycles. The summed E-state index contributed by atoms with van der Waals surface area (Å²) in [7, 11) is 0. The van der Waals surface area contributed by atoms with Crippen molar-refractivity contribution in [1.82, 2.24) is 4.57 Å². The molecule has 0 fully saturated rings. The van der Waals surface area contributed by atoms with Crippen LogP contribution in [0.2, 0.25) is 0 Å². The van der Waals surface area contributed by atoms with Gasteiger partial charge < -0.3 is 0 Å². The molecule has 1 heterocycles. The predicted octanol–water partition coefficient (Wildman–Crippen LogP) is 7.56. The Bertz CT molecular complexity index is 886. The number of rotatable bonds is 6. The minimum absolute atomic E-state index is 0.475. The highest BCUT2D eigenvalue weighted by Crippen LogP contribution is 2.33. The van der Waals surface area contributed by atoms with E-state index in [1.54, 1.807) is 0 Å². The second-order valence-electron chi connectivity index (χ2n) is 9.77. The van der Waals surface area contributed by atoms with Crippen LogP contribution in [0.3, 0.4) is 0 Å². The first-order valence-electron chi connectivity index (χ1n) is 11.5. The molecule has 0 aliphatic rings. The van der Waals surface area contributed by atoms with Crippen LogP contribution >= 0.6 is 0 Å². The molecule has 160 valence electrons.